The summed E-state index contributed by atoms with van der Waals surface area (Å²) in [5.74, 6) is 0. The minimum Gasteiger partial charge on any atom is -0.271 e. The van der Waals surface area contributed by atoms with E-state index in [1.165, 1.54) is 17.3 Å². The summed E-state index contributed by atoms with van der Waals surface area (Å²) in [6.07, 6.45) is 6.51. The maximum atomic E-state index is 11.6. The van der Waals surface area contributed by atoms with Crippen LogP contribution in [0.1, 0.15) is 39.0 Å². The van der Waals surface area contributed by atoms with Gasteiger partial charge in [-0.05, 0) is 19.8 Å². The topological polar surface area (TPSA) is 67.8 Å². The Bertz CT molecular complexity index is 454. The van der Waals surface area contributed by atoms with Crippen molar-refractivity contribution >= 4 is 0 Å². The second kappa shape index (κ2) is 3.64. The molecule has 1 aromatic rings. The van der Waals surface area contributed by atoms with E-state index in [1.54, 1.807) is 0 Å². The largest absolute Gasteiger partial charge is 0.345 e. The van der Waals surface area contributed by atoms with Gasteiger partial charge in [-0.3, -0.25) is 9.78 Å². The molecular formula is C10H15N3O2. The zero-order valence-corrected chi connectivity index (χ0v) is 8.82. The van der Waals surface area contributed by atoms with Gasteiger partial charge in [-0.25, -0.2) is 9.48 Å². The van der Waals surface area contributed by atoms with Gasteiger partial charge < -0.3 is 0 Å². The van der Waals surface area contributed by atoms with Crippen LogP contribution in [0.4, 0.5) is 0 Å². The molecule has 5 heteroatoms. The van der Waals surface area contributed by atoms with Crippen molar-refractivity contribution < 1.29 is 0 Å². The molecule has 82 valence electrons. The van der Waals surface area contributed by atoms with Crippen LogP contribution in [0.25, 0.3) is 0 Å². The molecule has 1 heterocycles. The average molecular weight is 209 g/mol. The van der Waals surface area contributed by atoms with E-state index in [0.717, 1.165) is 25.7 Å². The first-order valence-corrected chi connectivity index (χ1v) is 5.31. The van der Waals surface area contributed by atoms with Gasteiger partial charge in [0.15, 0.2) is 0 Å². The van der Waals surface area contributed by atoms with Gasteiger partial charge in [0.25, 0.3) is 5.56 Å². The van der Waals surface area contributed by atoms with Gasteiger partial charge in [-0.15, -0.1) is 0 Å². The molecule has 0 radical (unpaired) electrons. The third kappa shape index (κ3) is 1.86. The van der Waals surface area contributed by atoms with E-state index in [1.807, 2.05) is 6.92 Å². The highest BCUT2D eigenvalue weighted by Gasteiger charge is 2.30. The lowest BCUT2D eigenvalue weighted by molar-refractivity contribution is 0.185. The van der Waals surface area contributed by atoms with Crippen LogP contribution in [-0.4, -0.2) is 14.8 Å². The smallest absolute Gasteiger partial charge is 0.271 e. The molecule has 0 unspecified atom stereocenters. The van der Waals surface area contributed by atoms with Crippen LogP contribution in [0.3, 0.4) is 0 Å². The van der Waals surface area contributed by atoms with Gasteiger partial charge in [0.2, 0.25) is 0 Å². The summed E-state index contributed by atoms with van der Waals surface area (Å²) >= 11 is 0. The molecule has 0 amide bonds. The van der Waals surface area contributed by atoms with Crippen LogP contribution in [0.5, 0.6) is 0 Å². The number of aromatic nitrogens is 3. The van der Waals surface area contributed by atoms with Crippen molar-refractivity contribution in [3.63, 3.8) is 0 Å². The minimum absolute atomic E-state index is 0.223. The Morgan fingerprint density at radius 2 is 2.00 bits per heavy atom. The predicted octanol–water partition coefficient (Wildman–Crippen LogP) is 0.611. The van der Waals surface area contributed by atoms with Crippen molar-refractivity contribution in [3.8, 4) is 0 Å². The van der Waals surface area contributed by atoms with Crippen molar-refractivity contribution in [2.75, 3.05) is 0 Å². The summed E-state index contributed by atoms with van der Waals surface area (Å²) in [6, 6.07) is 0. The van der Waals surface area contributed by atoms with Crippen LogP contribution in [0, 0.1) is 0 Å². The second-order valence-corrected chi connectivity index (χ2v) is 4.41. The summed E-state index contributed by atoms with van der Waals surface area (Å²) in [7, 11) is 0. The fraction of sp³-hybridized carbons (Fsp3) is 0.700. The van der Waals surface area contributed by atoms with Crippen LogP contribution in [0.2, 0.25) is 0 Å². The number of nitrogens with one attached hydrogen (secondary N) is 1. The molecule has 1 aliphatic rings. The quantitative estimate of drug-likeness (QED) is 0.736. The SMILES string of the molecule is CC1(n2ncc(=O)[nH]c2=O)CCCCC1. The van der Waals surface area contributed by atoms with E-state index in [2.05, 4.69) is 10.1 Å². The molecule has 1 aliphatic carbocycles. The molecule has 0 spiro atoms. The number of nitrogens with zero attached hydrogens (tertiary/aromatic N) is 2. The number of hydrogen-bond donors (Lipinski definition) is 1. The van der Waals surface area contributed by atoms with Crippen molar-refractivity contribution in [2.24, 2.45) is 0 Å². The van der Waals surface area contributed by atoms with Gasteiger partial charge in [-0.1, -0.05) is 19.3 Å². The predicted molar refractivity (Wildman–Crippen MR) is 55.9 cm³/mol. The zero-order chi connectivity index (χ0) is 10.9. The highest BCUT2D eigenvalue weighted by molar-refractivity contribution is 4.85. The van der Waals surface area contributed by atoms with Crippen LogP contribution in [0.15, 0.2) is 15.8 Å². The molecule has 1 fully saturated rings. The lowest BCUT2D eigenvalue weighted by atomic mass is 9.83. The molecule has 1 N–H and O–H groups in total. The Morgan fingerprint density at radius 3 is 2.60 bits per heavy atom. The van der Waals surface area contributed by atoms with Gasteiger partial charge in [0, 0.05) is 0 Å². The van der Waals surface area contributed by atoms with E-state index >= 15 is 0 Å². The molecule has 1 saturated carbocycles. The number of H-pyrrole nitrogens is 1. The lowest BCUT2D eigenvalue weighted by Gasteiger charge is -2.33. The zero-order valence-electron chi connectivity index (χ0n) is 8.82. The highest BCUT2D eigenvalue weighted by Crippen LogP contribution is 2.32. The van der Waals surface area contributed by atoms with Crippen molar-refractivity contribution in [1.82, 2.24) is 14.8 Å². The van der Waals surface area contributed by atoms with Crippen molar-refractivity contribution in [2.45, 2.75) is 44.6 Å². The summed E-state index contributed by atoms with van der Waals surface area (Å²) in [5.41, 5.74) is -1.05. The Morgan fingerprint density at radius 1 is 1.33 bits per heavy atom. The molecule has 0 saturated heterocycles. The third-order valence-electron chi connectivity index (χ3n) is 3.16. The minimum atomic E-state index is -0.435. The van der Waals surface area contributed by atoms with Gasteiger partial charge in [0.1, 0.15) is 6.20 Å². The molecule has 0 atom stereocenters. The Kier molecular flexibility index (Phi) is 2.46. The standard InChI is InChI=1S/C10H15N3O2/c1-10(5-3-2-4-6-10)13-9(15)12-8(14)7-11-13/h7H,2-6H2,1H3,(H,12,14,15). The molecule has 1 aromatic heterocycles. The van der Waals surface area contributed by atoms with Crippen molar-refractivity contribution in [1.29, 1.82) is 0 Å². The molecule has 0 aromatic carbocycles. The summed E-state index contributed by atoms with van der Waals surface area (Å²) in [6.45, 7) is 2.03. The first-order valence-electron chi connectivity index (χ1n) is 5.31. The highest BCUT2D eigenvalue weighted by atomic mass is 16.2. The van der Waals surface area contributed by atoms with Crippen LogP contribution >= 0.6 is 0 Å². The number of rotatable bonds is 1. The molecule has 15 heavy (non-hydrogen) atoms. The Hall–Kier alpha value is -1.39. The first-order chi connectivity index (χ1) is 7.12. The van der Waals surface area contributed by atoms with E-state index in [-0.39, 0.29) is 5.54 Å². The average Bonchev–Trinajstić information content (AvgIpc) is 2.18. The second-order valence-electron chi connectivity index (χ2n) is 4.41. The lowest BCUT2D eigenvalue weighted by Crippen LogP contribution is -2.45. The van der Waals surface area contributed by atoms with E-state index < -0.39 is 11.2 Å². The third-order valence-corrected chi connectivity index (χ3v) is 3.16. The fourth-order valence-electron chi connectivity index (χ4n) is 2.26. The normalized spacial score (nSPS) is 20.1. The van der Waals surface area contributed by atoms with Crippen LogP contribution in [-0.2, 0) is 5.54 Å². The van der Waals surface area contributed by atoms with Crippen molar-refractivity contribution in [3.05, 3.63) is 27.0 Å². The molecule has 5 nitrogen and oxygen atoms in total. The van der Waals surface area contributed by atoms with E-state index in [9.17, 15) is 9.59 Å². The van der Waals surface area contributed by atoms with E-state index in [4.69, 9.17) is 0 Å². The summed E-state index contributed by atoms with van der Waals surface area (Å²) < 4.78 is 1.42. The fourth-order valence-corrected chi connectivity index (χ4v) is 2.26. The van der Waals surface area contributed by atoms with E-state index in [0.29, 0.717) is 0 Å². The number of hydrogen-bond acceptors (Lipinski definition) is 3. The summed E-state index contributed by atoms with van der Waals surface area (Å²) in [5, 5.41) is 3.93. The monoisotopic (exact) mass is 209 g/mol. The van der Waals surface area contributed by atoms with Gasteiger partial charge >= 0.3 is 5.69 Å². The summed E-state index contributed by atoms with van der Waals surface area (Å²) in [4.78, 5) is 24.7. The molecule has 2 rings (SSSR count). The number of aromatic amines is 1. The maximum absolute atomic E-state index is 11.6. The van der Waals surface area contributed by atoms with Gasteiger partial charge in [-0.2, -0.15) is 5.10 Å². The molecular weight excluding hydrogens is 194 g/mol. The van der Waals surface area contributed by atoms with Crippen LogP contribution < -0.4 is 11.2 Å². The Balaban J connectivity index is 2.43. The first kappa shape index (κ1) is 10.1. The molecule has 0 aliphatic heterocycles. The van der Waals surface area contributed by atoms with Gasteiger partial charge in [0.05, 0.1) is 5.54 Å². The molecule has 0 bridgehead atoms. The maximum Gasteiger partial charge on any atom is 0.345 e. The Labute approximate surface area is 87.1 Å².